The highest BCUT2D eigenvalue weighted by molar-refractivity contribution is 7.87. The van der Waals surface area contributed by atoms with Crippen molar-refractivity contribution < 1.29 is 34.0 Å². The van der Waals surface area contributed by atoms with Gasteiger partial charge in [0.05, 0.1) is 0 Å². The molecule has 0 amide bonds. The van der Waals surface area contributed by atoms with Crippen LogP contribution in [0.5, 0.6) is 11.5 Å². The molecule has 0 saturated carbocycles. The van der Waals surface area contributed by atoms with Crippen LogP contribution in [0.2, 0.25) is 0 Å². The van der Waals surface area contributed by atoms with Crippen LogP contribution in [0.1, 0.15) is 28.7 Å². The Kier molecular flexibility index (Phi) is 8.36. The summed E-state index contributed by atoms with van der Waals surface area (Å²) < 4.78 is 88.8. The van der Waals surface area contributed by atoms with Gasteiger partial charge in [-0.05, 0) is 92.8 Å². The van der Waals surface area contributed by atoms with E-state index >= 15 is 0 Å². The zero-order valence-electron chi connectivity index (χ0n) is 21.2. The molecule has 0 spiro atoms. The van der Waals surface area contributed by atoms with Gasteiger partial charge in [-0.25, -0.2) is 8.78 Å². The van der Waals surface area contributed by atoms with Crippen LogP contribution < -0.4 is 8.37 Å². The van der Waals surface area contributed by atoms with Crippen LogP contribution in [0.3, 0.4) is 0 Å². The SMILES string of the molecule is Cc1ccc(S(=O)(=O)Oc2ccc(CCCc3ccc(OS(=O)(=O)c4ccc(C)cc4)c(F)c3)cc2F)cc1. The van der Waals surface area contributed by atoms with Crippen LogP contribution in [-0.4, -0.2) is 16.8 Å². The minimum absolute atomic E-state index is 0.0759. The van der Waals surface area contributed by atoms with Crippen molar-refractivity contribution in [3.05, 3.63) is 119 Å². The molecule has 0 aromatic heterocycles. The van der Waals surface area contributed by atoms with Crippen LogP contribution in [0.15, 0.2) is 94.7 Å². The van der Waals surface area contributed by atoms with Gasteiger partial charge in [0, 0.05) is 0 Å². The van der Waals surface area contributed by atoms with Gasteiger partial charge < -0.3 is 8.37 Å². The first-order valence-corrected chi connectivity index (χ1v) is 14.8. The number of aryl methyl sites for hydroxylation is 4. The Balaban J connectivity index is 1.35. The van der Waals surface area contributed by atoms with Gasteiger partial charge in [-0.1, -0.05) is 47.5 Å². The average molecular weight is 573 g/mol. The number of benzene rings is 4. The lowest BCUT2D eigenvalue weighted by molar-refractivity contribution is 0.460. The predicted molar refractivity (Wildman–Crippen MR) is 143 cm³/mol. The molecule has 39 heavy (non-hydrogen) atoms. The van der Waals surface area contributed by atoms with E-state index in [0.29, 0.717) is 30.4 Å². The second-order valence-electron chi connectivity index (χ2n) is 9.08. The summed E-state index contributed by atoms with van der Waals surface area (Å²) in [6.45, 7) is 3.63. The average Bonchev–Trinajstić information content (AvgIpc) is 2.87. The lowest BCUT2D eigenvalue weighted by atomic mass is 10.0. The zero-order chi connectivity index (χ0) is 28.2. The highest BCUT2D eigenvalue weighted by Gasteiger charge is 2.20. The van der Waals surface area contributed by atoms with Crippen molar-refractivity contribution in [2.75, 3.05) is 0 Å². The van der Waals surface area contributed by atoms with Gasteiger partial charge in [-0.2, -0.15) is 16.8 Å². The van der Waals surface area contributed by atoms with E-state index in [1.807, 2.05) is 13.8 Å². The number of hydrogen-bond donors (Lipinski definition) is 0. The standard InChI is InChI=1S/C29H26F2O6S2/c1-20-6-12-24(13-7-20)38(32,33)36-28-16-10-22(18-26(28)30)4-3-5-23-11-17-29(27(31)19-23)37-39(34,35)25-14-8-21(2)9-15-25/h6-19H,3-5H2,1-2H3. The number of rotatable bonds is 10. The molecule has 0 aliphatic carbocycles. The molecule has 0 radical (unpaired) electrons. The summed E-state index contributed by atoms with van der Waals surface area (Å²) in [7, 11) is -8.36. The summed E-state index contributed by atoms with van der Waals surface area (Å²) >= 11 is 0. The highest BCUT2D eigenvalue weighted by Crippen LogP contribution is 2.26. The Bertz CT molecular complexity index is 1560. The third-order valence-electron chi connectivity index (χ3n) is 5.94. The van der Waals surface area contributed by atoms with Gasteiger partial charge in [0.1, 0.15) is 9.79 Å². The number of hydrogen-bond acceptors (Lipinski definition) is 6. The Morgan fingerprint density at radius 1 is 0.564 bits per heavy atom. The maximum atomic E-state index is 14.6. The maximum Gasteiger partial charge on any atom is 0.339 e. The van der Waals surface area contributed by atoms with E-state index in [1.54, 1.807) is 36.4 Å². The molecule has 0 atom stereocenters. The van der Waals surface area contributed by atoms with E-state index in [2.05, 4.69) is 0 Å². The second kappa shape index (κ2) is 11.5. The molecule has 0 saturated heterocycles. The summed E-state index contributed by atoms with van der Waals surface area (Å²) in [4.78, 5) is -0.152. The summed E-state index contributed by atoms with van der Waals surface area (Å²) in [6, 6.07) is 20.1. The van der Waals surface area contributed by atoms with Crippen molar-refractivity contribution >= 4 is 20.2 Å². The lowest BCUT2D eigenvalue weighted by Crippen LogP contribution is -2.11. The van der Waals surface area contributed by atoms with Gasteiger partial charge in [-0.15, -0.1) is 0 Å². The normalized spacial score (nSPS) is 11.8. The monoisotopic (exact) mass is 572 g/mol. The Hall–Kier alpha value is -3.76. The minimum Gasteiger partial charge on any atom is -0.376 e. The van der Waals surface area contributed by atoms with E-state index in [9.17, 15) is 25.6 Å². The highest BCUT2D eigenvalue weighted by atomic mass is 32.2. The summed E-state index contributed by atoms with van der Waals surface area (Å²) in [5.41, 5.74) is 2.97. The quantitative estimate of drug-likeness (QED) is 0.208. The van der Waals surface area contributed by atoms with Crippen molar-refractivity contribution in [3.8, 4) is 11.5 Å². The molecule has 0 heterocycles. The van der Waals surface area contributed by atoms with Crippen LogP contribution in [0.25, 0.3) is 0 Å². The Morgan fingerprint density at radius 3 is 1.26 bits per heavy atom. The van der Waals surface area contributed by atoms with Crippen LogP contribution >= 0.6 is 0 Å². The van der Waals surface area contributed by atoms with E-state index in [4.69, 9.17) is 8.37 Å². The van der Waals surface area contributed by atoms with Crippen LogP contribution in [-0.2, 0) is 33.1 Å². The van der Waals surface area contributed by atoms with Crippen LogP contribution in [0.4, 0.5) is 8.78 Å². The molecular weight excluding hydrogens is 546 g/mol. The third kappa shape index (κ3) is 7.21. The van der Waals surface area contributed by atoms with E-state index < -0.39 is 43.4 Å². The van der Waals surface area contributed by atoms with E-state index in [0.717, 1.165) is 11.1 Å². The fourth-order valence-corrected chi connectivity index (χ4v) is 5.65. The fraction of sp³-hybridized carbons (Fsp3) is 0.172. The second-order valence-corrected chi connectivity index (χ2v) is 12.2. The Labute approximate surface area is 227 Å². The van der Waals surface area contributed by atoms with Crippen molar-refractivity contribution in [1.82, 2.24) is 0 Å². The molecule has 4 aromatic carbocycles. The van der Waals surface area contributed by atoms with Crippen molar-refractivity contribution in [2.45, 2.75) is 42.9 Å². The van der Waals surface area contributed by atoms with E-state index in [1.165, 1.54) is 48.5 Å². The fourth-order valence-electron chi connectivity index (χ4n) is 3.77. The molecule has 10 heteroatoms. The van der Waals surface area contributed by atoms with Gasteiger partial charge >= 0.3 is 20.2 Å². The van der Waals surface area contributed by atoms with Gasteiger partial charge in [0.15, 0.2) is 23.1 Å². The number of halogens is 2. The van der Waals surface area contributed by atoms with Crippen molar-refractivity contribution in [2.24, 2.45) is 0 Å². The zero-order valence-corrected chi connectivity index (χ0v) is 22.9. The molecule has 4 aromatic rings. The molecule has 6 nitrogen and oxygen atoms in total. The first-order chi connectivity index (χ1) is 18.4. The molecule has 0 unspecified atom stereocenters. The van der Waals surface area contributed by atoms with Gasteiger partial charge in [0.2, 0.25) is 0 Å². The molecule has 0 N–H and O–H groups in total. The summed E-state index contributed by atoms with van der Waals surface area (Å²) in [6.07, 6.45) is 1.40. The first-order valence-electron chi connectivity index (χ1n) is 12.0. The summed E-state index contributed by atoms with van der Waals surface area (Å²) in [5.74, 6) is -2.44. The van der Waals surface area contributed by atoms with Gasteiger partial charge in [-0.3, -0.25) is 0 Å². The van der Waals surface area contributed by atoms with Crippen LogP contribution in [0, 0.1) is 25.5 Å². The molecule has 0 aliphatic rings. The van der Waals surface area contributed by atoms with Crippen molar-refractivity contribution in [1.29, 1.82) is 0 Å². The smallest absolute Gasteiger partial charge is 0.339 e. The molecular formula is C29H26F2O6S2. The molecule has 4 rings (SSSR count). The maximum absolute atomic E-state index is 14.6. The molecule has 0 aliphatic heterocycles. The molecule has 0 fully saturated rings. The lowest BCUT2D eigenvalue weighted by Gasteiger charge is -2.10. The first kappa shape index (κ1) is 28.3. The topological polar surface area (TPSA) is 86.7 Å². The minimum atomic E-state index is -4.18. The predicted octanol–water partition coefficient (Wildman–Crippen LogP) is 6.29. The summed E-state index contributed by atoms with van der Waals surface area (Å²) in [5, 5.41) is 0. The van der Waals surface area contributed by atoms with Gasteiger partial charge in [0.25, 0.3) is 0 Å². The Morgan fingerprint density at radius 2 is 0.923 bits per heavy atom. The third-order valence-corrected chi connectivity index (χ3v) is 8.44. The van der Waals surface area contributed by atoms with E-state index in [-0.39, 0.29) is 9.79 Å². The van der Waals surface area contributed by atoms with Crippen molar-refractivity contribution in [3.63, 3.8) is 0 Å². The molecule has 204 valence electrons. The molecule has 0 bridgehead atoms. The largest absolute Gasteiger partial charge is 0.376 e.